The van der Waals surface area contributed by atoms with Crippen LogP contribution in [0.1, 0.15) is 71.5 Å². The van der Waals surface area contributed by atoms with E-state index in [2.05, 4.69) is 72.7 Å². The largest absolute Gasteiger partial charge is 0.462 e. The van der Waals surface area contributed by atoms with Crippen LogP contribution in [-0.2, 0) is 18.3 Å². The lowest BCUT2D eigenvalue weighted by Crippen LogP contribution is -2.48. The van der Waals surface area contributed by atoms with E-state index in [4.69, 9.17) is 18.3 Å². The summed E-state index contributed by atoms with van der Waals surface area (Å²) in [4.78, 5) is 39.4. The minimum Gasteiger partial charge on any atom is -0.462 e. The Morgan fingerprint density at radius 1 is 1.09 bits per heavy atom. The van der Waals surface area contributed by atoms with Gasteiger partial charge in [0.2, 0.25) is 0 Å². The first-order valence-corrected chi connectivity index (χ1v) is 18.1. The van der Waals surface area contributed by atoms with Crippen LogP contribution in [0.5, 0.6) is 0 Å². The van der Waals surface area contributed by atoms with Gasteiger partial charge in [0, 0.05) is 12.6 Å². The molecular formula is C24H44N2O7Si2. The van der Waals surface area contributed by atoms with Crippen LogP contribution in [0.15, 0.2) is 15.8 Å². The number of hydrogen-bond donors (Lipinski definition) is 1. The fourth-order valence-electron chi connectivity index (χ4n) is 3.26. The standard InChI is InChI=1S/C24H44N2O7Si2/c1-12-30-21(28)16-14-26(22(29)25-20(16)27)19-13-17(33-35(10,11)24(5,6)7)18(32-19)15-31-34(8,9)23(2,3)4/h14,17-19H,12-13,15H2,1-11H3,(H,25,27,29)/t17-,18+,19+/m0/s1. The molecule has 0 radical (unpaired) electrons. The predicted octanol–water partition coefficient (Wildman–Crippen LogP) is 4.41. The molecular weight excluding hydrogens is 484 g/mol. The van der Waals surface area contributed by atoms with Crippen LogP contribution < -0.4 is 11.2 Å². The average molecular weight is 529 g/mol. The molecule has 1 aromatic rings. The Balaban J connectivity index is 2.40. The van der Waals surface area contributed by atoms with Gasteiger partial charge in [0.05, 0.1) is 19.3 Å². The van der Waals surface area contributed by atoms with Crippen molar-refractivity contribution >= 4 is 22.6 Å². The van der Waals surface area contributed by atoms with Crippen LogP contribution in [0.4, 0.5) is 0 Å². The Morgan fingerprint density at radius 3 is 2.17 bits per heavy atom. The Hall–Kier alpha value is -1.54. The highest BCUT2D eigenvalue weighted by atomic mass is 28.4. The molecule has 200 valence electrons. The quantitative estimate of drug-likeness (QED) is 0.393. The van der Waals surface area contributed by atoms with Gasteiger partial charge in [-0.05, 0) is 43.2 Å². The molecule has 0 amide bonds. The van der Waals surface area contributed by atoms with Gasteiger partial charge in [0.15, 0.2) is 16.6 Å². The molecule has 1 saturated heterocycles. The summed E-state index contributed by atoms with van der Waals surface area (Å²) in [6, 6.07) is 0. The van der Waals surface area contributed by atoms with Crippen molar-refractivity contribution in [3.63, 3.8) is 0 Å². The van der Waals surface area contributed by atoms with Crippen molar-refractivity contribution < 1.29 is 23.1 Å². The van der Waals surface area contributed by atoms with Gasteiger partial charge in [-0.2, -0.15) is 0 Å². The molecule has 0 unspecified atom stereocenters. The number of H-pyrrole nitrogens is 1. The number of hydrogen-bond acceptors (Lipinski definition) is 7. The molecule has 0 bridgehead atoms. The number of aromatic amines is 1. The smallest absolute Gasteiger partial charge is 0.345 e. The van der Waals surface area contributed by atoms with Gasteiger partial charge in [-0.15, -0.1) is 0 Å². The molecule has 9 nitrogen and oxygen atoms in total. The normalized spacial score (nSPS) is 21.9. The lowest BCUT2D eigenvalue weighted by Gasteiger charge is -2.40. The van der Waals surface area contributed by atoms with Gasteiger partial charge >= 0.3 is 11.7 Å². The summed E-state index contributed by atoms with van der Waals surface area (Å²) in [5, 5.41) is 0.0208. The van der Waals surface area contributed by atoms with Crippen molar-refractivity contribution in [1.29, 1.82) is 0 Å². The molecule has 2 heterocycles. The van der Waals surface area contributed by atoms with E-state index in [1.54, 1.807) is 6.92 Å². The van der Waals surface area contributed by atoms with Crippen molar-refractivity contribution in [2.45, 2.75) is 110 Å². The summed E-state index contributed by atoms with van der Waals surface area (Å²) < 4.78 is 25.7. The number of nitrogens with one attached hydrogen (secondary N) is 1. The number of nitrogens with zero attached hydrogens (tertiary/aromatic N) is 1. The van der Waals surface area contributed by atoms with Gasteiger partial charge in [-0.3, -0.25) is 14.3 Å². The fraction of sp³-hybridized carbons (Fsp3) is 0.792. The third-order valence-corrected chi connectivity index (χ3v) is 16.6. The molecule has 1 aliphatic heterocycles. The second kappa shape index (κ2) is 10.4. The van der Waals surface area contributed by atoms with Gasteiger partial charge in [0.1, 0.15) is 17.9 Å². The van der Waals surface area contributed by atoms with Crippen LogP contribution in [0.2, 0.25) is 36.3 Å². The molecule has 0 aromatic carbocycles. The Labute approximate surface area is 210 Å². The molecule has 35 heavy (non-hydrogen) atoms. The first-order chi connectivity index (χ1) is 15.8. The SMILES string of the molecule is CCOC(=O)c1cn([C@H]2C[C@H](O[Si](C)(C)C(C)(C)C)[C@@H](CO[Si](C)(C)C(C)(C)C)O2)c(=O)[nH]c1=O. The van der Waals surface area contributed by atoms with Crippen LogP contribution >= 0.6 is 0 Å². The molecule has 0 aliphatic carbocycles. The monoisotopic (exact) mass is 528 g/mol. The first-order valence-electron chi connectivity index (χ1n) is 12.3. The molecule has 1 N–H and O–H groups in total. The molecule has 1 aromatic heterocycles. The van der Waals surface area contributed by atoms with Gasteiger partial charge in [-0.1, -0.05) is 41.5 Å². The number of carbonyl (C=O) groups is 1. The predicted molar refractivity (Wildman–Crippen MR) is 141 cm³/mol. The van der Waals surface area contributed by atoms with E-state index in [0.29, 0.717) is 13.0 Å². The minimum atomic E-state index is -2.16. The Kier molecular flexibility index (Phi) is 8.86. The molecule has 11 heteroatoms. The van der Waals surface area contributed by atoms with Gasteiger partial charge in [0.25, 0.3) is 5.56 Å². The molecule has 2 rings (SSSR count). The number of ether oxygens (including phenoxy) is 2. The Bertz CT molecular complexity index is 1020. The third-order valence-electron chi connectivity index (χ3n) is 7.62. The van der Waals surface area contributed by atoms with Gasteiger partial charge in [-0.25, -0.2) is 9.59 Å². The molecule has 1 aliphatic rings. The second-order valence-electron chi connectivity index (χ2n) is 12.3. The zero-order valence-corrected chi connectivity index (χ0v) is 25.2. The zero-order valence-electron chi connectivity index (χ0n) is 23.2. The highest BCUT2D eigenvalue weighted by Crippen LogP contribution is 2.42. The average Bonchev–Trinajstić information content (AvgIpc) is 3.06. The van der Waals surface area contributed by atoms with E-state index < -0.39 is 46.2 Å². The van der Waals surface area contributed by atoms with Crippen molar-refractivity contribution in [1.82, 2.24) is 9.55 Å². The van der Waals surface area contributed by atoms with Crippen LogP contribution in [-0.4, -0.2) is 57.6 Å². The highest BCUT2D eigenvalue weighted by molar-refractivity contribution is 6.74. The van der Waals surface area contributed by atoms with E-state index in [-0.39, 0.29) is 28.4 Å². The number of rotatable bonds is 8. The van der Waals surface area contributed by atoms with E-state index >= 15 is 0 Å². The van der Waals surface area contributed by atoms with Crippen molar-refractivity contribution in [2.24, 2.45) is 0 Å². The highest BCUT2D eigenvalue weighted by Gasteiger charge is 2.46. The van der Waals surface area contributed by atoms with Crippen LogP contribution in [0, 0.1) is 0 Å². The van der Waals surface area contributed by atoms with Crippen molar-refractivity contribution in [3.8, 4) is 0 Å². The van der Waals surface area contributed by atoms with Crippen molar-refractivity contribution in [3.05, 3.63) is 32.6 Å². The summed E-state index contributed by atoms with van der Waals surface area (Å²) in [5.74, 6) is -0.785. The second-order valence-corrected chi connectivity index (χ2v) is 21.8. The lowest BCUT2D eigenvalue weighted by molar-refractivity contribution is -0.0413. The maximum absolute atomic E-state index is 12.7. The number of aromatic nitrogens is 2. The fourth-order valence-corrected chi connectivity index (χ4v) is 5.63. The number of esters is 1. The van der Waals surface area contributed by atoms with E-state index in [1.807, 2.05) is 0 Å². The van der Waals surface area contributed by atoms with E-state index in [9.17, 15) is 14.4 Å². The van der Waals surface area contributed by atoms with Crippen molar-refractivity contribution in [2.75, 3.05) is 13.2 Å². The number of carbonyl (C=O) groups excluding carboxylic acids is 1. The van der Waals surface area contributed by atoms with E-state index in [0.717, 1.165) is 0 Å². The molecule has 3 atom stereocenters. The summed E-state index contributed by atoms with van der Waals surface area (Å²) in [6.45, 7) is 23.9. The first kappa shape index (κ1) is 29.7. The van der Waals surface area contributed by atoms with Crippen LogP contribution in [0.3, 0.4) is 0 Å². The maximum Gasteiger partial charge on any atom is 0.345 e. The van der Waals surface area contributed by atoms with Crippen LogP contribution in [0.25, 0.3) is 0 Å². The minimum absolute atomic E-state index is 0.0121. The summed E-state index contributed by atoms with van der Waals surface area (Å²) in [7, 11) is -4.21. The summed E-state index contributed by atoms with van der Waals surface area (Å²) in [5.41, 5.74) is -1.67. The lowest BCUT2D eigenvalue weighted by atomic mass is 10.2. The third kappa shape index (κ3) is 6.82. The Morgan fingerprint density at radius 2 is 1.66 bits per heavy atom. The molecule has 0 saturated carbocycles. The summed E-state index contributed by atoms with van der Waals surface area (Å²) >= 11 is 0. The van der Waals surface area contributed by atoms with E-state index in [1.165, 1.54) is 10.8 Å². The molecule has 0 spiro atoms. The zero-order chi connectivity index (χ0) is 27.0. The topological polar surface area (TPSA) is 109 Å². The summed E-state index contributed by atoms with van der Waals surface area (Å²) in [6.07, 6.45) is 0.218. The maximum atomic E-state index is 12.7. The van der Waals surface area contributed by atoms with Gasteiger partial charge < -0.3 is 18.3 Å². The molecule has 1 fully saturated rings.